The van der Waals surface area contributed by atoms with Crippen LogP contribution in [0.4, 0.5) is 0 Å². The second-order valence-corrected chi connectivity index (χ2v) is 6.40. The fourth-order valence-corrected chi connectivity index (χ4v) is 3.35. The predicted molar refractivity (Wildman–Crippen MR) is 85.0 cm³/mol. The monoisotopic (exact) mass is 254 g/mol. The Labute approximate surface area is 117 Å². The molecule has 0 heterocycles. The minimum Gasteiger partial charge on any atom is -0.0654 e. The fourth-order valence-electron chi connectivity index (χ4n) is 3.35. The van der Waals surface area contributed by atoms with Crippen LogP contribution in [0.15, 0.2) is 0 Å². The first-order chi connectivity index (χ1) is 8.67. The van der Waals surface area contributed by atoms with Gasteiger partial charge in [0.05, 0.1) is 0 Å². The third kappa shape index (κ3) is 8.16. The maximum absolute atomic E-state index is 2.51. The molecule has 0 N–H and O–H groups in total. The Morgan fingerprint density at radius 3 is 1.72 bits per heavy atom. The van der Waals surface area contributed by atoms with E-state index in [-0.39, 0.29) is 0 Å². The van der Waals surface area contributed by atoms with Crippen molar-refractivity contribution < 1.29 is 0 Å². The first kappa shape index (κ1) is 18.0. The van der Waals surface area contributed by atoms with Crippen LogP contribution >= 0.6 is 0 Å². The van der Waals surface area contributed by atoms with Gasteiger partial charge in [-0.2, -0.15) is 0 Å². The summed E-state index contributed by atoms with van der Waals surface area (Å²) in [7, 11) is 0. The summed E-state index contributed by atoms with van der Waals surface area (Å²) in [5, 5.41) is 0. The van der Waals surface area contributed by atoms with Crippen molar-refractivity contribution in [1.82, 2.24) is 0 Å². The fraction of sp³-hybridized carbons (Fsp3) is 1.00. The molecule has 0 fully saturated rings. The van der Waals surface area contributed by atoms with Crippen LogP contribution in [0.1, 0.15) is 98.8 Å². The summed E-state index contributed by atoms with van der Waals surface area (Å²) in [4.78, 5) is 0. The van der Waals surface area contributed by atoms with Gasteiger partial charge >= 0.3 is 0 Å². The summed E-state index contributed by atoms with van der Waals surface area (Å²) in [6, 6.07) is 0. The summed E-state index contributed by atoms with van der Waals surface area (Å²) in [6.45, 7) is 12.0. The second kappa shape index (κ2) is 12.1. The van der Waals surface area contributed by atoms with E-state index in [1.165, 1.54) is 64.2 Å². The Morgan fingerprint density at radius 2 is 1.17 bits per heavy atom. The molecule has 110 valence electrons. The smallest absolute Gasteiger partial charge is 0.0363 e. The molecular formula is C18H38. The first-order valence-corrected chi connectivity index (χ1v) is 8.67. The summed E-state index contributed by atoms with van der Waals surface area (Å²) < 4.78 is 0. The Hall–Kier alpha value is 0. The van der Waals surface area contributed by atoms with E-state index in [1.54, 1.807) is 0 Å². The van der Waals surface area contributed by atoms with E-state index in [2.05, 4.69) is 34.6 Å². The number of hydrogen-bond donors (Lipinski definition) is 0. The molecule has 0 radical (unpaired) electrons. The summed E-state index contributed by atoms with van der Waals surface area (Å²) in [6.07, 6.45) is 14.2. The molecule has 3 atom stereocenters. The Bertz CT molecular complexity index is 161. The third-order valence-electron chi connectivity index (χ3n) is 4.61. The topological polar surface area (TPSA) is 0 Å². The van der Waals surface area contributed by atoms with E-state index < -0.39 is 0 Å². The number of hydrogen-bond acceptors (Lipinski definition) is 0. The first-order valence-electron chi connectivity index (χ1n) is 8.67. The van der Waals surface area contributed by atoms with Crippen molar-refractivity contribution >= 4 is 0 Å². The second-order valence-electron chi connectivity index (χ2n) is 6.40. The molecule has 0 aromatic heterocycles. The van der Waals surface area contributed by atoms with Gasteiger partial charge in [-0.15, -0.1) is 0 Å². The molecule has 0 heteroatoms. The average molecular weight is 255 g/mol. The molecule has 0 aromatic rings. The highest BCUT2D eigenvalue weighted by Gasteiger charge is 2.22. The lowest BCUT2D eigenvalue weighted by Gasteiger charge is -2.30. The zero-order chi connectivity index (χ0) is 13.8. The molecule has 0 spiro atoms. The van der Waals surface area contributed by atoms with Crippen molar-refractivity contribution in [2.45, 2.75) is 98.8 Å². The van der Waals surface area contributed by atoms with Crippen LogP contribution in [0.3, 0.4) is 0 Å². The van der Waals surface area contributed by atoms with E-state index in [0.717, 1.165) is 17.8 Å². The maximum atomic E-state index is 2.51. The quantitative estimate of drug-likeness (QED) is 0.335. The standard InChI is InChI=1S/C18H38/c1-6-9-11-12-14-17(5)18(15-10-7-2)16(4)13-8-3/h16-18H,6-15H2,1-5H3. The Kier molecular flexibility index (Phi) is 12.1. The van der Waals surface area contributed by atoms with Gasteiger partial charge in [-0.3, -0.25) is 0 Å². The van der Waals surface area contributed by atoms with Crippen LogP contribution in [-0.4, -0.2) is 0 Å². The largest absolute Gasteiger partial charge is 0.0654 e. The van der Waals surface area contributed by atoms with E-state index >= 15 is 0 Å². The van der Waals surface area contributed by atoms with E-state index in [9.17, 15) is 0 Å². The molecule has 0 aliphatic rings. The van der Waals surface area contributed by atoms with E-state index in [4.69, 9.17) is 0 Å². The van der Waals surface area contributed by atoms with Crippen molar-refractivity contribution in [1.29, 1.82) is 0 Å². The van der Waals surface area contributed by atoms with Crippen LogP contribution in [0.5, 0.6) is 0 Å². The lowest BCUT2D eigenvalue weighted by atomic mass is 9.76. The van der Waals surface area contributed by atoms with E-state index in [0.29, 0.717) is 0 Å². The minimum atomic E-state index is 0.933. The van der Waals surface area contributed by atoms with Crippen molar-refractivity contribution in [2.24, 2.45) is 17.8 Å². The number of unbranched alkanes of at least 4 members (excludes halogenated alkanes) is 4. The third-order valence-corrected chi connectivity index (χ3v) is 4.61. The van der Waals surface area contributed by atoms with Crippen LogP contribution in [0.25, 0.3) is 0 Å². The van der Waals surface area contributed by atoms with Crippen molar-refractivity contribution in [2.75, 3.05) is 0 Å². The maximum Gasteiger partial charge on any atom is -0.0363 e. The normalized spacial score (nSPS) is 16.5. The molecule has 0 aromatic carbocycles. The Balaban J connectivity index is 4.08. The minimum absolute atomic E-state index is 0.933. The molecule has 0 aliphatic carbocycles. The molecule has 0 amide bonds. The molecular weight excluding hydrogens is 216 g/mol. The highest BCUT2D eigenvalue weighted by molar-refractivity contribution is 4.72. The molecule has 0 saturated carbocycles. The van der Waals surface area contributed by atoms with Gasteiger partial charge in [-0.25, -0.2) is 0 Å². The Morgan fingerprint density at radius 1 is 0.556 bits per heavy atom. The summed E-state index contributed by atoms with van der Waals surface area (Å²) in [5.74, 6) is 2.85. The van der Waals surface area contributed by atoms with Crippen LogP contribution < -0.4 is 0 Å². The van der Waals surface area contributed by atoms with Gasteiger partial charge in [-0.05, 0) is 24.2 Å². The van der Waals surface area contributed by atoms with Crippen molar-refractivity contribution in [3.05, 3.63) is 0 Å². The lowest BCUT2D eigenvalue weighted by molar-refractivity contribution is 0.208. The SMILES string of the molecule is CCCCCCC(C)C(CCCC)C(C)CCC. The molecule has 0 bridgehead atoms. The van der Waals surface area contributed by atoms with E-state index in [1.807, 2.05) is 0 Å². The molecule has 0 rings (SSSR count). The van der Waals surface area contributed by atoms with Crippen LogP contribution in [0.2, 0.25) is 0 Å². The average Bonchev–Trinajstić information content (AvgIpc) is 2.35. The zero-order valence-electron chi connectivity index (χ0n) is 13.8. The highest BCUT2D eigenvalue weighted by Crippen LogP contribution is 2.32. The van der Waals surface area contributed by atoms with Crippen LogP contribution in [-0.2, 0) is 0 Å². The molecule has 3 unspecified atom stereocenters. The van der Waals surface area contributed by atoms with Gasteiger partial charge in [0.15, 0.2) is 0 Å². The van der Waals surface area contributed by atoms with Gasteiger partial charge in [-0.1, -0.05) is 92.4 Å². The number of rotatable bonds is 12. The van der Waals surface area contributed by atoms with Crippen molar-refractivity contribution in [3.8, 4) is 0 Å². The van der Waals surface area contributed by atoms with Gasteiger partial charge in [0.25, 0.3) is 0 Å². The van der Waals surface area contributed by atoms with Gasteiger partial charge < -0.3 is 0 Å². The van der Waals surface area contributed by atoms with Crippen LogP contribution in [0, 0.1) is 17.8 Å². The molecule has 18 heavy (non-hydrogen) atoms. The van der Waals surface area contributed by atoms with Gasteiger partial charge in [0, 0.05) is 0 Å². The predicted octanol–water partition coefficient (Wildman–Crippen LogP) is 6.84. The van der Waals surface area contributed by atoms with Gasteiger partial charge in [0.1, 0.15) is 0 Å². The molecule has 0 saturated heterocycles. The summed E-state index contributed by atoms with van der Waals surface area (Å²) in [5.41, 5.74) is 0. The molecule has 0 nitrogen and oxygen atoms in total. The van der Waals surface area contributed by atoms with Crippen molar-refractivity contribution in [3.63, 3.8) is 0 Å². The van der Waals surface area contributed by atoms with Gasteiger partial charge in [0.2, 0.25) is 0 Å². The zero-order valence-corrected chi connectivity index (χ0v) is 13.8. The molecule has 0 aliphatic heterocycles. The highest BCUT2D eigenvalue weighted by atomic mass is 14.3. The summed E-state index contributed by atoms with van der Waals surface area (Å²) >= 11 is 0. The lowest BCUT2D eigenvalue weighted by Crippen LogP contribution is -2.20.